The highest BCUT2D eigenvalue weighted by molar-refractivity contribution is 5.90. The Kier molecular flexibility index (Phi) is 10.8. The molecule has 2 aromatic carbocycles. The lowest BCUT2D eigenvalue weighted by molar-refractivity contribution is -0.140. The molecule has 0 aliphatic carbocycles. The van der Waals surface area contributed by atoms with E-state index in [4.69, 9.17) is 9.47 Å². The summed E-state index contributed by atoms with van der Waals surface area (Å²) in [5, 5.41) is 6.50. The predicted molar refractivity (Wildman–Crippen MR) is 181 cm³/mol. The second kappa shape index (κ2) is 15.3. The number of rotatable bonds is 6. The summed E-state index contributed by atoms with van der Waals surface area (Å²) < 4.78 is 11.2. The summed E-state index contributed by atoms with van der Waals surface area (Å²) in [5.41, 5.74) is 1.49. The fourth-order valence-electron chi connectivity index (χ4n) is 7.58. The van der Waals surface area contributed by atoms with Gasteiger partial charge in [-0.15, -0.1) is 0 Å². The molecule has 4 aliphatic rings. The first-order valence-corrected chi connectivity index (χ1v) is 17.2. The van der Waals surface area contributed by atoms with Crippen molar-refractivity contribution in [1.82, 2.24) is 20.4 Å². The average Bonchev–Trinajstić information content (AvgIpc) is 3.11. The number of carbonyl (C=O) groups is 3. The zero-order chi connectivity index (χ0) is 32.6. The van der Waals surface area contributed by atoms with Crippen molar-refractivity contribution in [2.45, 2.75) is 50.6 Å². The molecule has 3 fully saturated rings. The minimum atomic E-state index is -0.664. The minimum Gasteiger partial charge on any atom is -0.495 e. The predicted octanol–water partition coefficient (Wildman–Crippen LogP) is 3.02. The third-order valence-corrected chi connectivity index (χ3v) is 10.5. The van der Waals surface area contributed by atoms with Crippen LogP contribution in [-0.4, -0.2) is 106 Å². The molecule has 6 rings (SSSR count). The van der Waals surface area contributed by atoms with Crippen LogP contribution in [0, 0.1) is 11.3 Å². The van der Waals surface area contributed by atoms with Crippen LogP contribution in [0.25, 0.3) is 0 Å². The van der Waals surface area contributed by atoms with E-state index in [1.54, 1.807) is 7.11 Å². The summed E-state index contributed by atoms with van der Waals surface area (Å²) >= 11 is 0. The quantitative estimate of drug-likeness (QED) is 0.467. The van der Waals surface area contributed by atoms with E-state index >= 15 is 0 Å². The van der Waals surface area contributed by atoms with E-state index in [2.05, 4.69) is 38.7 Å². The van der Waals surface area contributed by atoms with Crippen molar-refractivity contribution in [3.63, 3.8) is 0 Å². The number of nitrogens with one attached hydrogen (secondary N) is 2. The molecule has 10 nitrogen and oxygen atoms in total. The van der Waals surface area contributed by atoms with Gasteiger partial charge in [-0.3, -0.25) is 19.3 Å². The normalized spacial score (nSPS) is 26.3. The molecule has 1 spiro atoms. The zero-order valence-electron chi connectivity index (χ0n) is 27.6. The molecule has 0 bridgehead atoms. The summed E-state index contributed by atoms with van der Waals surface area (Å²) in [6.07, 6.45) is 8.21. The van der Waals surface area contributed by atoms with Crippen molar-refractivity contribution >= 4 is 23.4 Å². The van der Waals surface area contributed by atoms with Crippen LogP contribution in [0.3, 0.4) is 0 Å². The summed E-state index contributed by atoms with van der Waals surface area (Å²) in [7, 11) is 1.69. The third-order valence-electron chi connectivity index (χ3n) is 10.5. The standard InChI is InChI=1S/C37H49N5O5/c1-46-33-13-6-5-12-32(33)41-19-21-42(22-20-41)34(43)27-40-18-14-30-29(26-40)11-7-8-15-37(16-23-47-24-17-37)36(45)39-31(35(44)38-30)25-28-9-3-2-4-10-28/h2-10,12-13,29-31H,11,14-27H2,1H3,(H,38,44)(H,39,45)/b8-7+/t29-,30+,31+/m0/s1. The van der Waals surface area contributed by atoms with Gasteiger partial charge in [0.2, 0.25) is 17.7 Å². The number of para-hydroxylation sites is 2. The van der Waals surface area contributed by atoms with E-state index in [9.17, 15) is 14.4 Å². The Balaban J connectivity index is 1.11. The number of benzene rings is 2. The number of fused-ring (bicyclic) bond motifs is 1. The molecule has 4 aliphatic heterocycles. The van der Waals surface area contributed by atoms with Crippen LogP contribution in [0.4, 0.5) is 5.69 Å². The highest BCUT2D eigenvalue weighted by Crippen LogP contribution is 2.36. The molecule has 2 aromatic rings. The Morgan fingerprint density at radius 2 is 1.68 bits per heavy atom. The van der Waals surface area contributed by atoms with E-state index < -0.39 is 11.5 Å². The molecule has 2 N–H and O–H groups in total. The number of allylic oxidation sites excluding steroid dienone is 2. The Morgan fingerprint density at radius 3 is 2.45 bits per heavy atom. The van der Waals surface area contributed by atoms with E-state index in [-0.39, 0.29) is 29.7 Å². The number of piperazine rings is 1. The molecule has 3 amide bonds. The average molecular weight is 644 g/mol. The smallest absolute Gasteiger partial charge is 0.243 e. The number of methoxy groups -OCH3 is 1. The van der Waals surface area contributed by atoms with Gasteiger partial charge in [-0.05, 0) is 55.7 Å². The van der Waals surface area contributed by atoms with Crippen LogP contribution in [0.1, 0.15) is 37.7 Å². The van der Waals surface area contributed by atoms with Crippen LogP contribution in [0.15, 0.2) is 66.7 Å². The van der Waals surface area contributed by atoms with Gasteiger partial charge in [0, 0.05) is 64.9 Å². The van der Waals surface area contributed by atoms with E-state index in [1.807, 2.05) is 53.4 Å². The lowest BCUT2D eigenvalue weighted by atomic mass is 9.75. The minimum absolute atomic E-state index is 0.0328. The van der Waals surface area contributed by atoms with Crippen LogP contribution in [-0.2, 0) is 25.5 Å². The maximum atomic E-state index is 13.9. The van der Waals surface area contributed by atoms with Crippen LogP contribution in [0.5, 0.6) is 5.75 Å². The molecular weight excluding hydrogens is 594 g/mol. The third kappa shape index (κ3) is 7.99. The molecule has 0 aromatic heterocycles. The monoisotopic (exact) mass is 643 g/mol. The lowest BCUT2D eigenvalue weighted by Gasteiger charge is -2.41. The summed E-state index contributed by atoms with van der Waals surface area (Å²) in [6.45, 7) is 5.82. The summed E-state index contributed by atoms with van der Waals surface area (Å²) in [4.78, 5) is 47.7. The van der Waals surface area contributed by atoms with Crippen molar-refractivity contribution in [2.24, 2.45) is 11.3 Å². The first-order chi connectivity index (χ1) is 22.9. The zero-order valence-corrected chi connectivity index (χ0v) is 27.6. The van der Waals surface area contributed by atoms with Gasteiger partial charge in [-0.1, -0.05) is 54.6 Å². The lowest BCUT2D eigenvalue weighted by Crippen LogP contribution is -2.59. The van der Waals surface area contributed by atoms with E-state index in [1.165, 1.54) is 0 Å². The molecule has 0 radical (unpaired) electrons. The molecular formula is C37H49N5O5. The van der Waals surface area contributed by atoms with Crippen molar-refractivity contribution in [3.8, 4) is 5.75 Å². The molecule has 10 heteroatoms. The topological polar surface area (TPSA) is 103 Å². The highest BCUT2D eigenvalue weighted by atomic mass is 16.5. The van der Waals surface area contributed by atoms with E-state index in [0.29, 0.717) is 58.5 Å². The Hall–Kier alpha value is -3.89. The number of carbonyl (C=O) groups excluding carboxylic acids is 3. The van der Waals surface area contributed by atoms with Crippen molar-refractivity contribution in [3.05, 3.63) is 72.3 Å². The van der Waals surface area contributed by atoms with Gasteiger partial charge < -0.3 is 29.9 Å². The van der Waals surface area contributed by atoms with Gasteiger partial charge in [-0.2, -0.15) is 0 Å². The highest BCUT2D eigenvalue weighted by Gasteiger charge is 2.41. The van der Waals surface area contributed by atoms with Crippen LogP contribution in [0.2, 0.25) is 0 Å². The number of hydrogen-bond donors (Lipinski definition) is 2. The summed E-state index contributed by atoms with van der Waals surface area (Å²) in [6, 6.07) is 17.2. The second-order valence-corrected chi connectivity index (χ2v) is 13.5. The Morgan fingerprint density at radius 1 is 0.936 bits per heavy atom. The number of ether oxygens (including phenoxy) is 2. The maximum absolute atomic E-state index is 13.9. The fraction of sp³-hybridized carbons (Fsp3) is 0.541. The van der Waals surface area contributed by atoms with Gasteiger partial charge in [0.05, 0.1) is 24.8 Å². The Labute approximate surface area is 278 Å². The second-order valence-electron chi connectivity index (χ2n) is 13.5. The molecule has 3 saturated heterocycles. The number of likely N-dealkylation sites (tertiary alicyclic amines) is 1. The SMILES string of the molecule is COc1ccccc1N1CCN(C(=O)CN2CC[C@H]3NC(=O)[C@@H](Cc4ccccc4)NC(=O)C4(C/C=C/C[C@H]3C2)CCOCC4)CC1. The van der Waals surface area contributed by atoms with Gasteiger partial charge in [0.1, 0.15) is 11.8 Å². The van der Waals surface area contributed by atoms with Crippen molar-refractivity contribution in [2.75, 3.05) is 71.0 Å². The number of piperidine rings is 1. The first kappa shape index (κ1) is 33.0. The van der Waals surface area contributed by atoms with Crippen molar-refractivity contribution < 1.29 is 23.9 Å². The largest absolute Gasteiger partial charge is 0.495 e. The van der Waals surface area contributed by atoms with Crippen molar-refractivity contribution in [1.29, 1.82) is 0 Å². The van der Waals surface area contributed by atoms with Crippen LogP contribution >= 0.6 is 0 Å². The van der Waals surface area contributed by atoms with Gasteiger partial charge in [0.25, 0.3) is 0 Å². The molecule has 0 unspecified atom stereocenters. The molecule has 252 valence electrons. The molecule has 0 saturated carbocycles. The van der Waals surface area contributed by atoms with Gasteiger partial charge in [0.15, 0.2) is 0 Å². The first-order valence-electron chi connectivity index (χ1n) is 17.2. The Bertz CT molecular complexity index is 1400. The maximum Gasteiger partial charge on any atom is 0.243 e. The fourth-order valence-corrected chi connectivity index (χ4v) is 7.58. The number of hydrogen-bond acceptors (Lipinski definition) is 7. The number of nitrogens with zero attached hydrogens (tertiary/aromatic N) is 3. The molecule has 47 heavy (non-hydrogen) atoms. The molecule has 3 atom stereocenters. The van der Waals surface area contributed by atoms with Crippen LogP contribution < -0.4 is 20.3 Å². The van der Waals surface area contributed by atoms with Gasteiger partial charge in [-0.25, -0.2) is 0 Å². The summed E-state index contributed by atoms with van der Waals surface area (Å²) in [5.74, 6) is 0.974. The number of anilines is 1. The van der Waals surface area contributed by atoms with Gasteiger partial charge >= 0.3 is 0 Å². The number of amides is 3. The van der Waals surface area contributed by atoms with E-state index in [0.717, 1.165) is 56.0 Å². The molecule has 4 heterocycles.